The van der Waals surface area contributed by atoms with Crippen LogP contribution in [0.1, 0.15) is 10.6 Å². The van der Waals surface area contributed by atoms with E-state index in [0.29, 0.717) is 0 Å². The van der Waals surface area contributed by atoms with Crippen molar-refractivity contribution in [1.29, 1.82) is 0 Å². The van der Waals surface area contributed by atoms with E-state index in [1.165, 1.54) is 4.88 Å². The molecule has 3 heteroatoms. The zero-order valence-corrected chi connectivity index (χ0v) is 8.43. The lowest BCUT2D eigenvalue weighted by molar-refractivity contribution is 1.20. The van der Waals surface area contributed by atoms with Gasteiger partial charge in [0.05, 0.1) is 0 Å². The average Bonchev–Trinajstić information content (AvgIpc) is 2.53. The molecule has 0 N–H and O–H groups in total. The first-order valence-corrected chi connectivity index (χ1v) is 4.93. The molecule has 0 amide bonds. The maximum Gasteiger partial charge on any atom is 0.125 e. The Bertz CT molecular complexity index is 403. The first kappa shape index (κ1) is 8.38. The average molecular weight is 190 g/mol. The molecule has 0 saturated heterocycles. The minimum absolute atomic E-state index is 1.04. The molecule has 2 heterocycles. The summed E-state index contributed by atoms with van der Waals surface area (Å²) in [7, 11) is 0. The van der Waals surface area contributed by atoms with Crippen molar-refractivity contribution in [2.45, 2.75) is 13.8 Å². The minimum atomic E-state index is 1.04. The number of nitrogens with zero attached hydrogens (tertiary/aromatic N) is 2. The van der Waals surface area contributed by atoms with Crippen LogP contribution in [0, 0.1) is 13.8 Å². The molecule has 0 unspecified atom stereocenters. The van der Waals surface area contributed by atoms with Gasteiger partial charge in [-0.15, -0.1) is 11.3 Å². The van der Waals surface area contributed by atoms with Gasteiger partial charge < -0.3 is 0 Å². The Morgan fingerprint density at radius 1 is 1.08 bits per heavy atom. The second-order valence-electron chi connectivity index (χ2n) is 2.96. The number of thiazole rings is 1. The highest BCUT2D eigenvalue weighted by molar-refractivity contribution is 7.14. The van der Waals surface area contributed by atoms with Crippen molar-refractivity contribution in [2.75, 3.05) is 0 Å². The van der Waals surface area contributed by atoms with Gasteiger partial charge in [-0.25, -0.2) is 4.98 Å². The maximum absolute atomic E-state index is 4.29. The molecule has 2 aromatic heterocycles. The van der Waals surface area contributed by atoms with Crippen molar-refractivity contribution in [2.24, 2.45) is 0 Å². The molecule has 2 aromatic rings. The van der Waals surface area contributed by atoms with E-state index in [4.69, 9.17) is 0 Å². The summed E-state index contributed by atoms with van der Waals surface area (Å²) in [5.74, 6) is 0. The zero-order chi connectivity index (χ0) is 9.26. The van der Waals surface area contributed by atoms with E-state index in [1.807, 2.05) is 25.4 Å². The van der Waals surface area contributed by atoms with Crippen LogP contribution in [-0.4, -0.2) is 9.97 Å². The summed E-state index contributed by atoms with van der Waals surface area (Å²) in [5.41, 5.74) is 2.14. The molecule has 13 heavy (non-hydrogen) atoms. The van der Waals surface area contributed by atoms with E-state index in [1.54, 1.807) is 11.3 Å². The molecule has 66 valence electrons. The first-order valence-electron chi connectivity index (χ1n) is 4.11. The van der Waals surface area contributed by atoms with Gasteiger partial charge in [-0.3, -0.25) is 4.98 Å². The van der Waals surface area contributed by atoms with Crippen LogP contribution in [0.15, 0.2) is 24.5 Å². The van der Waals surface area contributed by atoms with Crippen LogP contribution < -0.4 is 0 Å². The van der Waals surface area contributed by atoms with Gasteiger partial charge in [0.25, 0.3) is 0 Å². The van der Waals surface area contributed by atoms with Gasteiger partial charge in [0.1, 0.15) is 5.01 Å². The summed E-state index contributed by atoms with van der Waals surface area (Å²) in [6.45, 7) is 4.04. The molecular weight excluding hydrogens is 180 g/mol. The standard InChI is InChI=1S/C10H10N2S/c1-7-3-4-9(6-11-7)10-12-5-8(2)13-10/h3-6H,1-2H3. The lowest BCUT2D eigenvalue weighted by atomic mass is 10.3. The van der Waals surface area contributed by atoms with Gasteiger partial charge in [-0.1, -0.05) is 0 Å². The lowest BCUT2D eigenvalue weighted by Gasteiger charge is -1.95. The van der Waals surface area contributed by atoms with Crippen molar-refractivity contribution >= 4 is 11.3 Å². The van der Waals surface area contributed by atoms with Gasteiger partial charge in [-0.05, 0) is 26.0 Å². The summed E-state index contributed by atoms with van der Waals surface area (Å²) in [5, 5.41) is 1.05. The molecule has 0 saturated carbocycles. The summed E-state index contributed by atoms with van der Waals surface area (Å²) < 4.78 is 0. The van der Waals surface area contributed by atoms with Crippen molar-refractivity contribution in [3.8, 4) is 10.6 Å². The molecule has 0 spiro atoms. The highest BCUT2D eigenvalue weighted by atomic mass is 32.1. The summed E-state index contributed by atoms with van der Waals surface area (Å²) in [4.78, 5) is 9.76. The van der Waals surface area contributed by atoms with Crippen molar-refractivity contribution in [3.05, 3.63) is 35.1 Å². The monoisotopic (exact) mass is 190 g/mol. The fourth-order valence-corrected chi connectivity index (χ4v) is 1.84. The highest BCUT2D eigenvalue weighted by Crippen LogP contribution is 2.23. The molecule has 0 aromatic carbocycles. The molecule has 2 nitrogen and oxygen atoms in total. The Kier molecular flexibility index (Phi) is 2.10. The van der Waals surface area contributed by atoms with E-state index >= 15 is 0 Å². The Labute approximate surface area is 81.3 Å². The van der Waals surface area contributed by atoms with Crippen LogP contribution in [0.3, 0.4) is 0 Å². The maximum atomic E-state index is 4.29. The van der Waals surface area contributed by atoms with Gasteiger partial charge in [0, 0.05) is 28.5 Å². The quantitative estimate of drug-likeness (QED) is 0.691. The van der Waals surface area contributed by atoms with E-state index in [2.05, 4.69) is 23.0 Å². The zero-order valence-electron chi connectivity index (χ0n) is 7.61. The van der Waals surface area contributed by atoms with Crippen LogP contribution in [-0.2, 0) is 0 Å². The summed E-state index contributed by atoms with van der Waals surface area (Å²) in [6, 6.07) is 4.06. The van der Waals surface area contributed by atoms with Crippen LogP contribution in [0.25, 0.3) is 10.6 Å². The van der Waals surface area contributed by atoms with Gasteiger partial charge in [-0.2, -0.15) is 0 Å². The van der Waals surface area contributed by atoms with Crippen LogP contribution >= 0.6 is 11.3 Å². The topological polar surface area (TPSA) is 25.8 Å². The predicted octanol–water partition coefficient (Wildman–Crippen LogP) is 2.82. The molecule has 0 aliphatic rings. The van der Waals surface area contributed by atoms with E-state index < -0.39 is 0 Å². The smallest absolute Gasteiger partial charge is 0.125 e. The van der Waals surface area contributed by atoms with Gasteiger partial charge in [0.2, 0.25) is 0 Å². The lowest BCUT2D eigenvalue weighted by Crippen LogP contribution is -1.80. The molecule has 0 aliphatic heterocycles. The summed E-state index contributed by atoms with van der Waals surface area (Å²) >= 11 is 1.70. The summed E-state index contributed by atoms with van der Waals surface area (Å²) in [6.07, 6.45) is 3.76. The van der Waals surface area contributed by atoms with Crippen LogP contribution in [0.2, 0.25) is 0 Å². The number of hydrogen-bond acceptors (Lipinski definition) is 3. The number of hydrogen-bond donors (Lipinski definition) is 0. The fourth-order valence-electron chi connectivity index (χ4n) is 1.08. The molecule has 0 atom stereocenters. The number of rotatable bonds is 1. The third kappa shape index (κ3) is 1.75. The van der Waals surface area contributed by atoms with Crippen molar-refractivity contribution in [3.63, 3.8) is 0 Å². The van der Waals surface area contributed by atoms with Gasteiger partial charge >= 0.3 is 0 Å². The molecule has 0 bridgehead atoms. The Balaban J connectivity index is 2.41. The van der Waals surface area contributed by atoms with Crippen molar-refractivity contribution in [1.82, 2.24) is 9.97 Å². The minimum Gasteiger partial charge on any atom is -0.261 e. The number of aryl methyl sites for hydroxylation is 2. The second-order valence-corrected chi connectivity index (χ2v) is 4.20. The van der Waals surface area contributed by atoms with Crippen LogP contribution in [0.4, 0.5) is 0 Å². The Morgan fingerprint density at radius 3 is 2.46 bits per heavy atom. The molecule has 2 rings (SSSR count). The van der Waals surface area contributed by atoms with E-state index in [9.17, 15) is 0 Å². The number of pyridine rings is 1. The largest absolute Gasteiger partial charge is 0.261 e. The van der Waals surface area contributed by atoms with Gasteiger partial charge in [0.15, 0.2) is 0 Å². The normalized spacial score (nSPS) is 10.3. The van der Waals surface area contributed by atoms with Crippen LogP contribution in [0.5, 0.6) is 0 Å². The Morgan fingerprint density at radius 2 is 1.92 bits per heavy atom. The van der Waals surface area contributed by atoms with Crippen molar-refractivity contribution < 1.29 is 0 Å². The second kappa shape index (κ2) is 3.26. The molecule has 0 radical (unpaired) electrons. The predicted molar refractivity (Wildman–Crippen MR) is 54.8 cm³/mol. The fraction of sp³-hybridized carbons (Fsp3) is 0.200. The third-order valence-electron chi connectivity index (χ3n) is 1.78. The van der Waals surface area contributed by atoms with E-state index in [-0.39, 0.29) is 0 Å². The molecule has 0 fully saturated rings. The molecule has 0 aliphatic carbocycles. The highest BCUT2D eigenvalue weighted by Gasteiger charge is 2.01. The third-order valence-corrected chi connectivity index (χ3v) is 2.74. The Hall–Kier alpha value is -1.22. The van der Waals surface area contributed by atoms with E-state index in [0.717, 1.165) is 16.3 Å². The molecular formula is C10H10N2S. The SMILES string of the molecule is Cc1ccc(-c2ncc(C)s2)cn1. The number of aromatic nitrogens is 2. The first-order chi connectivity index (χ1) is 6.25.